The van der Waals surface area contributed by atoms with Crippen LogP contribution in [0.5, 0.6) is 0 Å². The monoisotopic (exact) mass is 303 g/mol. The Hall–Kier alpha value is -1.95. The number of ether oxygens (including phenoxy) is 1. The smallest absolute Gasteiger partial charge is 0.331 e. The fourth-order valence-corrected chi connectivity index (χ4v) is 3.30. The molecule has 0 unspecified atom stereocenters. The van der Waals surface area contributed by atoms with Gasteiger partial charge >= 0.3 is 5.69 Å². The first-order valence-corrected chi connectivity index (χ1v) is 7.69. The molecule has 22 heavy (non-hydrogen) atoms. The molecule has 0 atom stereocenters. The minimum absolute atomic E-state index is 0.264. The lowest BCUT2D eigenvalue weighted by molar-refractivity contribution is 0.0538. The Morgan fingerprint density at radius 2 is 2.00 bits per heavy atom. The molecule has 0 radical (unpaired) electrons. The van der Waals surface area contributed by atoms with Gasteiger partial charge in [-0.2, -0.15) is 0 Å². The van der Waals surface area contributed by atoms with Crippen LogP contribution in [-0.4, -0.2) is 27.3 Å². The molecule has 1 saturated carbocycles. The molecule has 6 heteroatoms. The van der Waals surface area contributed by atoms with E-state index in [0.717, 1.165) is 25.7 Å². The van der Waals surface area contributed by atoms with Crippen LogP contribution in [0.4, 0.5) is 0 Å². The van der Waals surface area contributed by atoms with Crippen molar-refractivity contribution in [2.24, 2.45) is 13.0 Å². The highest BCUT2D eigenvalue weighted by Crippen LogP contribution is 2.26. The molecule has 0 amide bonds. The molecule has 2 aromatic heterocycles. The van der Waals surface area contributed by atoms with Crippen molar-refractivity contribution in [3.63, 3.8) is 0 Å². The van der Waals surface area contributed by atoms with E-state index in [4.69, 9.17) is 4.74 Å². The number of aryl methyl sites for hydroxylation is 1. The van der Waals surface area contributed by atoms with Gasteiger partial charge in [-0.25, -0.2) is 9.78 Å². The molecule has 0 aromatic carbocycles. The summed E-state index contributed by atoms with van der Waals surface area (Å²) in [7, 11) is 3.42. The number of fused-ring (bicyclic) bond motifs is 1. The first-order valence-electron chi connectivity index (χ1n) is 7.69. The molecule has 3 rings (SSSR count). The Morgan fingerprint density at radius 3 is 2.68 bits per heavy atom. The molecule has 1 aliphatic carbocycles. The zero-order valence-corrected chi connectivity index (χ0v) is 13.0. The van der Waals surface area contributed by atoms with Gasteiger partial charge in [0, 0.05) is 26.9 Å². The number of hydrogen-bond donors (Lipinski definition) is 0. The normalized spacial score (nSPS) is 22.1. The number of nitrogens with zero attached hydrogens (tertiary/aromatic N) is 3. The van der Waals surface area contributed by atoms with Crippen LogP contribution in [0.3, 0.4) is 0 Å². The highest BCUT2D eigenvalue weighted by molar-refractivity contribution is 5.72. The van der Waals surface area contributed by atoms with Crippen molar-refractivity contribution in [3.8, 4) is 0 Å². The number of hydrogen-bond acceptors (Lipinski definition) is 4. The van der Waals surface area contributed by atoms with Crippen molar-refractivity contribution in [2.75, 3.05) is 7.11 Å². The van der Waals surface area contributed by atoms with E-state index in [2.05, 4.69) is 4.98 Å². The molecule has 0 N–H and O–H groups in total. The summed E-state index contributed by atoms with van der Waals surface area (Å²) >= 11 is 0. The fourth-order valence-electron chi connectivity index (χ4n) is 3.30. The van der Waals surface area contributed by atoms with Gasteiger partial charge in [0.25, 0.3) is 5.56 Å². The van der Waals surface area contributed by atoms with Crippen LogP contribution in [0.25, 0.3) is 11.0 Å². The minimum atomic E-state index is -0.285. The topological polar surface area (TPSA) is 66.1 Å². The van der Waals surface area contributed by atoms with Crippen LogP contribution in [0.15, 0.2) is 27.9 Å². The molecule has 2 heterocycles. The lowest BCUT2D eigenvalue weighted by atomic mass is 9.87. The van der Waals surface area contributed by atoms with Gasteiger partial charge in [0.15, 0.2) is 5.52 Å². The van der Waals surface area contributed by atoms with Gasteiger partial charge in [0.1, 0.15) is 0 Å². The Morgan fingerprint density at radius 1 is 1.27 bits per heavy atom. The minimum Gasteiger partial charge on any atom is -0.381 e. The lowest BCUT2D eigenvalue weighted by Crippen LogP contribution is -2.41. The van der Waals surface area contributed by atoms with Gasteiger partial charge < -0.3 is 4.74 Å². The third-order valence-corrected chi connectivity index (χ3v) is 4.68. The lowest BCUT2D eigenvalue weighted by Gasteiger charge is -2.27. The summed E-state index contributed by atoms with van der Waals surface area (Å²) in [4.78, 5) is 29.2. The van der Waals surface area contributed by atoms with Gasteiger partial charge in [-0.05, 0) is 43.7 Å². The molecule has 0 spiro atoms. The summed E-state index contributed by atoms with van der Waals surface area (Å²) in [6.45, 7) is 0.467. The maximum absolute atomic E-state index is 12.6. The third kappa shape index (κ3) is 2.59. The second-order valence-corrected chi connectivity index (χ2v) is 6.01. The number of pyridine rings is 1. The SMILES string of the molecule is COC1CCC(Cn2c(=O)c3ncccc3n(C)c2=O)CC1. The van der Waals surface area contributed by atoms with Gasteiger partial charge in [-0.1, -0.05) is 0 Å². The zero-order valence-electron chi connectivity index (χ0n) is 13.0. The Bertz CT molecular complexity index is 785. The fraction of sp³-hybridized carbons (Fsp3) is 0.562. The third-order valence-electron chi connectivity index (χ3n) is 4.68. The highest BCUT2D eigenvalue weighted by atomic mass is 16.5. The molecule has 118 valence electrons. The van der Waals surface area contributed by atoms with E-state index < -0.39 is 0 Å². The highest BCUT2D eigenvalue weighted by Gasteiger charge is 2.23. The van der Waals surface area contributed by atoms with Crippen LogP contribution >= 0.6 is 0 Å². The number of aromatic nitrogens is 3. The van der Waals surface area contributed by atoms with Crippen LogP contribution in [0.1, 0.15) is 25.7 Å². The molecule has 6 nitrogen and oxygen atoms in total. The van der Waals surface area contributed by atoms with Crippen molar-refractivity contribution in [1.82, 2.24) is 14.1 Å². The summed E-state index contributed by atoms with van der Waals surface area (Å²) in [5.74, 6) is 0.345. The average molecular weight is 303 g/mol. The summed E-state index contributed by atoms with van der Waals surface area (Å²) in [5.41, 5.74) is 0.388. The molecule has 0 bridgehead atoms. The van der Waals surface area contributed by atoms with Crippen molar-refractivity contribution < 1.29 is 4.74 Å². The van der Waals surface area contributed by atoms with Gasteiger partial charge in [0.05, 0.1) is 11.6 Å². The van der Waals surface area contributed by atoms with Crippen LogP contribution in [0, 0.1) is 5.92 Å². The van der Waals surface area contributed by atoms with E-state index in [1.54, 1.807) is 32.5 Å². The molecule has 1 fully saturated rings. The van der Waals surface area contributed by atoms with E-state index in [-0.39, 0.29) is 11.2 Å². The summed E-state index contributed by atoms with van der Waals surface area (Å²) in [6.07, 6.45) is 5.84. The van der Waals surface area contributed by atoms with Crippen LogP contribution in [-0.2, 0) is 18.3 Å². The summed E-state index contributed by atoms with van der Waals surface area (Å²) in [5, 5.41) is 0. The van der Waals surface area contributed by atoms with E-state index in [1.807, 2.05) is 0 Å². The van der Waals surface area contributed by atoms with E-state index in [0.29, 0.717) is 29.6 Å². The van der Waals surface area contributed by atoms with Crippen LogP contribution in [0.2, 0.25) is 0 Å². The van der Waals surface area contributed by atoms with Crippen molar-refractivity contribution >= 4 is 11.0 Å². The van der Waals surface area contributed by atoms with Crippen molar-refractivity contribution in [3.05, 3.63) is 39.2 Å². The zero-order chi connectivity index (χ0) is 15.7. The van der Waals surface area contributed by atoms with Crippen molar-refractivity contribution in [2.45, 2.75) is 38.3 Å². The van der Waals surface area contributed by atoms with Gasteiger partial charge in [0.2, 0.25) is 0 Å². The Kier molecular flexibility index (Phi) is 4.11. The largest absolute Gasteiger partial charge is 0.381 e. The second kappa shape index (κ2) is 6.04. The first-order chi connectivity index (χ1) is 10.6. The Labute approximate surface area is 128 Å². The van der Waals surface area contributed by atoms with Crippen LogP contribution < -0.4 is 11.2 Å². The maximum Gasteiger partial charge on any atom is 0.331 e. The summed E-state index contributed by atoms with van der Waals surface area (Å²) < 4.78 is 8.21. The molecule has 0 aliphatic heterocycles. The first kappa shape index (κ1) is 15.0. The number of methoxy groups -OCH3 is 1. The molecule has 1 aliphatic rings. The standard InChI is InChI=1S/C16H21N3O3/c1-18-13-4-3-9-17-14(13)15(20)19(16(18)21)10-11-5-7-12(22-2)8-6-11/h3-4,9,11-12H,5-8,10H2,1-2H3. The number of rotatable bonds is 3. The molecular weight excluding hydrogens is 282 g/mol. The predicted molar refractivity (Wildman–Crippen MR) is 84.0 cm³/mol. The van der Waals surface area contributed by atoms with Gasteiger partial charge in [-0.15, -0.1) is 0 Å². The maximum atomic E-state index is 12.6. The molecule has 0 saturated heterocycles. The summed E-state index contributed by atoms with van der Waals surface area (Å²) in [6, 6.07) is 3.48. The Balaban J connectivity index is 1.95. The van der Waals surface area contributed by atoms with E-state index in [9.17, 15) is 9.59 Å². The predicted octanol–water partition coefficient (Wildman–Crippen LogP) is 1.30. The quantitative estimate of drug-likeness (QED) is 0.857. The van der Waals surface area contributed by atoms with Gasteiger partial charge in [-0.3, -0.25) is 13.9 Å². The van der Waals surface area contributed by atoms with E-state index in [1.165, 1.54) is 9.13 Å². The van der Waals surface area contributed by atoms with Crippen molar-refractivity contribution in [1.29, 1.82) is 0 Å². The average Bonchev–Trinajstić information content (AvgIpc) is 2.57. The molecule has 2 aromatic rings. The van der Waals surface area contributed by atoms with E-state index >= 15 is 0 Å². The molecular formula is C16H21N3O3. The second-order valence-electron chi connectivity index (χ2n) is 6.01.